The highest BCUT2D eigenvalue weighted by molar-refractivity contribution is 5.49. The van der Waals surface area contributed by atoms with Crippen molar-refractivity contribution in [1.82, 2.24) is 14.9 Å². The van der Waals surface area contributed by atoms with Crippen LogP contribution in [-0.2, 0) is 0 Å². The van der Waals surface area contributed by atoms with Crippen molar-refractivity contribution in [2.75, 3.05) is 50.5 Å². The first-order valence-electron chi connectivity index (χ1n) is 5.66. The molecule has 1 N–H and O–H groups in total. The lowest BCUT2D eigenvalue weighted by atomic mass is 10.3. The van der Waals surface area contributed by atoms with Crippen LogP contribution >= 0.6 is 0 Å². The summed E-state index contributed by atoms with van der Waals surface area (Å²) in [5.41, 5.74) is 0. The van der Waals surface area contributed by atoms with Crippen molar-refractivity contribution in [3.63, 3.8) is 0 Å². The molecule has 5 nitrogen and oxygen atoms in total. The van der Waals surface area contributed by atoms with E-state index in [9.17, 15) is 0 Å². The van der Waals surface area contributed by atoms with Gasteiger partial charge in [-0.15, -0.1) is 0 Å². The highest BCUT2D eigenvalue weighted by Crippen LogP contribution is 2.16. The summed E-state index contributed by atoms with van der Waals surface area (Å²) in [6.07, 6.45) is 0. The molecule has 1 aromatic rings. The number of piperazine rings is 1. The molecule has 0 bridgehead atoms. The summed E-state index contributed by atoms with van der Waals surface area (Å²) in [4.78, 5) is 13.4. The maximum absolute atomic E-state index is 4.49. The van der Waals surface area contributed by atoms with Gasteiger partial charge in [-0.3, -0.25) is 0 Å². The molecule has 0 saturated carbocycles. The van der Waals surface area contributed by atoms with Gasteiger partial charge in [0, 0.05) is 39.3 Å². The van der Waals surface area contributed by atoms with Crippen LogP contribution in [0.4, 0.5) is 11.6 Å². The van der Waals surface area contributed by atoms with E-state index in [0.717, 1.165) is 43.6 Å². The minimum atomic E-state index is 0.820. The number of anilines is 2. The minimum Gasteiger partial charge on any atom is -0.373 e. The summed E-state index contributed by atoms with van der Waals surface area (Å²) in [5.74, 6) is 2.74. The minimum absolute atomic E-state index is 0.820. The third-order valence-electron chi connectivity index (χ3n) is 2.91. The van der Waals surface area contributed by atoms with Crippen LogP contribution in [0.2, 0.25) is 0 Å². The number of aromatic nitrogens is 2. The molecule has 5 heteroatoms. The van der Waals surface area contributed by atoms with Crippen LogP contribution in [-0.4, -0.2) is 55.1 Å². The smallest absolute Gasteiger partial charge is 0.134 e. The van der Waals surface area contributed by atoms with Crippen molar-refractivity contribution in [3.8, 4) is 0 Å². The number of nitrogens with zero attached hydrogens (tertiary/aromatic N) is 4. The predicted molar refractivity (Wildman–Crippen MR) is 66.0 cm³/mol. The summed E-state index contributed by atoms with van der Waals surface area (Å²) in [5, 5.41) is 3.07. The van der Waals surface area contributed by atoms with Gasteiger partial charge in [0.2, 0.25) is 0 Å². The van der Waals surface area contributed by atoms with Crippen LogP contribution in [0.25, 0.3) is 0 Å². The standard InChI is InChI=1S/C11H19N5/c1-9-13-10(12-2)8-11(14-9)16-6-4-15(3)5-7-16/h8H,4-7H2,1-3H3,(H,12,13,14). The fourth-order valence-corrected chi connectivity index (χ4v) is 1.88. The molecular formula is C11H19N5. The van der Waals surface area contributed by atoms with Gasteiger partial charge < -0.3 is 15.1 Å². The second-order valence-electron chi connectivity index (χ2n) is 4.20. The Balaban J connectivity index is 2.16. The molecule has 2 rings (SSSR count). The number of likely N-dealkylation sites (N-methyl/N-ethyl adjacent to an activating group) is 1. The van der Waals surface area contributed by atoms with Gasteiger partial charge in [0.05, 0.1) is 0 Å². The van der Waals surface area contributed by atoms with E-state index in [2.05, 4.69) is 32.1 Å². The van der Waals surface area contributed by atoms with Gasteiger partial charge in [0.15, 0.2) is 0 Å². The largest absolute Gasteiger partial charge is 0.373 e. The van der Waals surface area contributed by atoms with Crippen molar-refractivity contribution >= 4 is 11.6 Å². The summed E-state index contributed by atoms with van der Waals surface area (Å²) >= 11 is 0. The first-order chi connectivity index (χ1) is 7.69. The molecule has 1 aromatic heterocycles. The Morgan fingerprint density at radius 2 is 1.88 bits per heavy atom. The third-order valence-corrected chi connectivity index (χ3v) is 2.91. The topological polar surface area (TPSA) is 44.3 Å². The Labute approximate surface area is 96.5 Å². The molecule has 2 heterocycles. The van der Waals surface area contributed by atoms with Crippen LogP contribution in [0.1, 0.15) is 5.82 Å². The van der Waals surface area contributed by atoms with Crippen LogP contribution < -0.4 is 10.2 Å². The number of nitrogens with one attached hydrogen (secondary N) is 1. The number of aryl methyl sites for hydroxylation is 1. The van der Waals surface area contributed by atoms with Crippen molar-refractivity contribution < 1.29 is 0 Å². The third kappa shape index (κ3) is 2.41. The van der Waals surface area contributed by atoms with Gasteiger partial charge in [-0.25, -0.2) is 9.97 Å². The summed E-state index contributed by atoms with van der Waals surface area (Å²) in [7, 11) is 4.04. The second kappa shape index (κ2) is 4.65. The molecule has 0 amide bonds. The van der Waals surface area contributed by atoms with Crippen LogP contribution in [0.3, 0.4) is 0 Å². The van der Waals surface area contributed by atoms with Crippen LogP contribution in [0.5, 0.6) is 0 Å². The maximum atomic E-state index is 4.49. The van der Waals surface area contributed by atoms with Crippen molar-refractivity contribution in [3.05, 3.63) is 11.9 Å². The van der Waals surface area contributed by atoms with Gasteiger partial charge >= 0.3 is 0 Å². The lowest BCUT2D eigenvalue weighted by Gasteiger charge is -2.33. The van der Waals surface area contributed by atoms with E-state index in [0.29, 0.717) is 0 Å². The molecular weight excluding hydrogens is 202 g/mol. The van der Waals surface area contributed by atoms with E-state index in [1.54, 1.807) is 0 Å². The molecule has 88 valence electrons. The predicted octanol–water partition coefficient (Wildman–Crippen LogP) is 0.579. The first kappa shape index (κ1) is 11.1. The molecule has 1 fully saturated rings. The average Bonchev–Trinajstić information content (AvgIpc) is 2.29. The highest BCUT2D eigenvalue weighted by Gasteiger charge is 2.16. The van der Waals surface area contributed by atoms with Crippen molar-refractivity contribution in [2.24, 2.45) is 0 Å². The van der Waals surface area contributed by atoms with Gasteiger partial charge in [0.1, 0.15) is 17.5 Å². The van der Waals surface area contributed by atoms with Gasteiger partial charge in [-0.2, -0.15) is 0 Å². The molecule has 0 radical (unpaired) electrons. The van der Waals surface area contributed by atoms with Crippen molar-refractivity contribution in [2.45, 2.75) is 6.92 Å². The quantitative estimate of drug-likeness (QED) is 0.791. The lowest BCUT2D eigenvalue weighted by Crippen LogP contribution is -2.44. The molecule has 0 aromatic carbocycles. The number of hydrogen-bond acceptors (Lipinski definition) is 5. The highest BCUT2D eigenvalue weighted by atomic mass is 15.3. The Hall–Kier alpha value is -1.36. The van der Waals surface area contributed by atoms with E-state index in [1.807, 2.05) is 20.0 Å². The second-order valence-corrected chi connectivity index (χ2v) is 4.20. The SMILES string of the molecule is CNc1cc(N2CCN(C)CC2)nc(C)n1. The molecule has 0 atom stereocenters. The van der Waals surface area contributed by atoms with Gasteiger partial charge in [0.25, 0.3) is 0 Å². The van der Waals surface area contributed by atoms with E-state index in [4.69, 9.17) is 0 Å². The summed E-state index contributed by atoms with van der Waals surface area (Å²) in [6, 6.07) is 2.01. The van der Waals surface area contributed by atoms with Crippen LogP contribution in [0, 0.1) is 6.92 Å². The van der Waals surface area contributed by atoms with Gasteiger partial charge in [-0.05, 0) is 14.0 Å². The Bertz CT molecular complexity index is 357. The van der Waals surface area contributed by atoms with E-state index < -0.39 is 0 Å². The molecule has 1 aliphatic rings. The molecule has 1 aliphatic heterocycles. The monoisotopic (exact) mass is 221 g/mol. The summed E-state index contributed by atoms with van der Waals surface area (Å²) in [6.45, 7) is 6.20. The van der Waals surface area contributed by atoms with Crippen molar-refractivity contribution in [1.29, 1.82) is 0 Å². The first-order valence-corrected chi connectivity index (χ1v) is 5.66. The zero-order valence-electron chi connectivity index (χ0n) is 10.2. The fourth-order valence-electron chi connectivity index (χ4n) is 1.88. The Kier molecular flexibility index (Phi) is 3.24. The van der Waals surface area contributed by atoms with E-state index in [1.165, 1.54) is 0 Å². The number of rotatable bonds is 2. The molecule has 0 unspecified atom stereocenters. The Morgan fingerprint density at radius 3 is 2.50 bits per heavy atom. The average molecular weight is 221 g/mol. The Morgan fingerprint density at radius 1 is 1.19 bits per heavy atom. The normalized spacial score (nSPS) is 17.6. The zero-order chi connectivity index (χ0) is 11.5. The summed E-state index contributed by atoms with van der Waals surface area (Å²) < 4.78 is 0. The molecule has 0 aliphatic carbocycles. The molecule has 16 heavy (non-hydrogen) atoms. The lowest BCUT2D eigenvalue weighted by molar-refractivity contribution is 0.312. The van der Waals surface area contributed by atoms with E-state index in [-0.39, 0.29) is 0 Å². The molecule has 0 spiro atoms. The van der Waals surface area contributed by atoms with Crippen LogP contribution in [0.15, 0.2) is 6.07 Å². The van der Waals surface area contributed by atoms with E-state index >= 15 is 0 Å². The number of hydrogen-bond donors (Lipinski definition) is 1. The maximum Gasteiger partial charge on any atom is 0.134 e. The van der Waals surface area contributed by atoms with Gasteiger partial charge in [-0.1, -0.05) is 0 Å². The fraction of sp³-hybridized carbons (Fsp3) is 0.636. The molecule has 1 saturated heterocycles. The zero-order valence-corrected chi connectivity index (χ0v) is 10.2.